The molecule has 9 heteroatoms. The van der Waals surface area contributed by atoms with Crippen LogP contribution in [0.2, 0.25) is 0 Å². The molecule has 0 atom stereocenters. The van der Waals surface area contributed by atoms with Gasteiger partial charge in [0.25, 0.3) is 0 Å². The molecule has 6 nitrogen and oxygen atoms in total. The molecule has 0 aliphatic carbocycles. The van der Waals surface area contributed by atoms with Crippen LogP contribution in [0.1, 0.15) is 21.6 Å². The van der Waals surface area contributed by atoms with E-state index in [-0.39, 0.29) is 18.1 Å². The quantitative estimate of drug-likeness (QED) is 0.600. The van der Waals surface area contributed by atoms with Gasteiger partial charge in [0.2, 0.25) is 0 Å². The molecule has 0 amide bonds. The number of rotatable bonds is 7. The summed E-state index contributed by atoms with van der Waals surface area (Å²) in [6.45, 7) is 0.260. The number of ether oxygens (including phenoxy) is 2. The minimum absolute atomic E-state index is 0.0326. The number of benzene rings is 2. The maximum absolute atomic E-state index is 13.0. The molecule has 0 aliphatic heterocycles. The van der Waals surface area contributed by atoms with Crippen molar-refractivity contribution < 1.29 is 32.5 Å². The van der Waals surface area contributed by atoms with E-state index in [0.717, 1.165) is 5.56 Å². The van der Waals surface area contributed by atoms with E-state index >= 15 is 0 Å². The van der Waals surface area contributed by atoms with Gasteiger partial charge in [0, 0.05) is 5.56 Å². The number of hydrogen-bond donors (Lipinski definition) is 1. The van der Waals surface area contributed by atoms with Crippen molar-refractivity contribution in [3.63, 3.8) is 0 Å². The Morgan fingerprint density at radius 2 is 1.73 bits per heavy atom. The molecule has 0 spiro atoms. The topological polar surface area (TPSA) is 73.6 Å². The van der Waals surface area contributed by atoms with E-state index in [1.165, 1.54) is 7.11 Å². The number of hydrogen-bond acceptors (Lipinski definition) is 4. The summed E-state index contributed by atoms with van der Waals surface area (Å²) in [5.41, 5.74) is 1.45. The molecule has 0 radical (unpaired) electrons. The molecular formula is C21H19F3N2O4. The number of halogens is 3. The summed E-state index contributed by atoms with van der Waals surface area (Å²) in [5.74, 6) is -1.15. The monoisotopic (exact) mass is 420 g/mol. The van der Waals surface area contributed by atoms with E-state index in [1.807, 2.05) is 6.92 Å². The minimum Gasteiger partial charge on any atom is -0.497 e. The summed E-state index contributed by atoms with van der Waals surface area (Å²) in [5, 5.41) is 13.5. The van der Waals surface area contributed by atoms with Gasteiger partial charge in [0.1, 0.15) is 24.6 Å². The molecule has 0 bridgehead atoms. The zero-order valence-electron chi connectivity index (χ0n) is 16.2. The highest BCUT2D eigenvalue weighted by Gasteiger charge is 2.34. The van der Waals surface area contributed by atoms with Gasteiger partial charge in [0.05, 0.1) is 7.11 Å². The normalized spacial score (nSPS) is 11.4. The first-order chi connectivity index (χ1) is 14.2. The summed E-state index contributed by atoms with van der Waals surface area (Å²) in [6.07, 6.45) is -4.64. The Bertz CT molecular complexity index is 1030. The lowest BCUT2D eigenvalue weighted by Crippen LogP contribution is -2.22. The Morgan fingerprint density at radius 3 is 2.27 bits per heavy atom. The van der Waals surface area contributed by atoms with E-state index < -0.39 is 24.4 Å². The standard InChI is InChI=1S/C21H19F3N2O4/c1-13-3-7-15(8-4-13)17-19(30-11-14-5-9-16(29-2)10-6-14)18(20(27)28)26(25-17)12-21(22,23)24/h3-10H,11-12H2,1-2H3,(H,27,28). The molecule has 158 valence electrons. The van der Waals surface area contributed by atoms with Crippen LogP contribution in [-0.4, -0.2) is 34.1 Å². The number of nitrogens with zero attached hydrogens (tertiary/aromatic N) is 2. The molecule has 1 heterocycles. The van der Waals surface area contributed by atoms with Gasteiger partial charge in [-0.05, 0) is 24.6 Å². The Morgan fingerprint density at radius 1 is 1.10 bits per heavy atom. The van der Waals surface area contributed by atoms with E-state index in [1.54, 1.807) is 48.5 Å². The molecule has 0 saturated heterocycles. The second-order valence-corrected chi connectivity index (χ2v) is 6.61. The summed E-state index contributed by atoms with van der Waals surface area (Å²) >= 11 is 0. The van der Waals surface area contributed by atoms with Crippen molar-refractivity contribution in [2.75, 3.05) is 7.11 Å². The Balaban J connectivity index is 2.04. The Kier molecular flexibility index (Phi) is 6.00. The zero-order chi connectivity index (χ0) is 21.9. The van der Waals surface area contributed by atoms with Crippen LogP contribution in [0.25, 0.3) is 11.3 Å². The third-order valence-electron chi connectivity index (χ3n) is 4.31. The van der Waals surface area contributed by atoms with Crippen molar-refractivity contribution in [3.8, 4) is 22.8 Å². The molecule has 0 fully saturated rings. The van der Waals surface area contributed by atoms with Crippen LogP contribution < -0.4 is 9.47 Å². The number of aryl methyl sites for hydroxylation is 1. The highest BCUT2D eigenvalue weighted by molar-refractivity contribution is 5.92. The lowest BCUT2D eigenvalue weighted by Gasteiger charge is -2.10. The zero-order valence-corrected chi connectivity index (χ0v) is 16.2. The highest BCUT2D eigenvalue weighted by Crippen LogP contribution is 2.35. The summed E-state index contributed by atoms with van der Waals surface area (Å²) in [7, 11) is 1.52. The fraction of sp³-hybridized carbons (Fsp3) is 0.238. The molecule has 0 unspecified atom stereocenters. The van der Waals surface area contributed by atoms with Gasteiger partial charge in [-0.25, -0.2) is 9.48 Å². The lowest BCUT2D eigenvalue weighted by atomic mass is 10.1. The van der Waals surface area contributed by atoms with Crippen molar-refractivity contribution in [1.82, 2.24) is 9.78 Å². The Hall–Kier alpha value is -3.49. The number of aromatic nitrogens is 2. The van der Waals surface area contributed by atoms with Gasteiger partial charge in [0.15, 0.2) is 11.4 Å². The number of carboxylic acids is 1. The minimum atomic E-state index is -4.64. The van der Waals surface area contributed by atoms with Gasteiger partial charge in [-0.2, -0.15) is 18.3 Å². The predicted octanol–water partition coefficient (Wildman–Crippen LogP) is 4.71. The molecular weight excluding hydrogens is 401 g/mol. The van der Waals surface area contributed by atoms with Crippen LogP contribution in [0.3, 0.4) is 0 Å². The van der Waals surface area contributed by atoms with Gasteiger partial charge in [-0.1, -0.05) is 42.0 Å². The maximum Gasteiger partial charge on any atom is 0.408 e. The van der Waals surface area contributed by atoms with E-state index in [2.05, 4.69) is 5.10 Å². The lowest BCUT2D eigenvalue weighted by molar-refractivity contribution is -0.142. The summed E-state index contributed by atoms with van der Waals surface area (Å²) < 4.78 is 50.2. The maximum atomic E-state index is 13.0. The fourth-order valence-electron chi connectivity index (χ4n) is 2.85. The largest absolute Gasteiger partial charge is 0.497 e. The van der Waals surface area contributed by atoms with Crippen LogP contribution in [0.5, 0.6) is 11.5 Å². The number of aromatic carboxylic acids is 1. The predicted molar refractivity (Wildman–Crippen MR) is 103 cm³/mol. The van der Waals surface area contributed by atoms with Crippen molar-refractivity contribution in [2.45, 2.75) is 26.3 Å². The number of alkyl halides is 3. The molecule has 2 aromatic carbocycles. The van der Waals surface area contributed by atoms with Crippen LogP contribution in [0.4, 0.5) is 13.2 Å². The highest BCUT2D eigenvalue weighted by atomic mass is 19.4. The average Bonchev–Trinajstić information content (AvgIpc) is 3.03. The van der Waals surface area contributed by atoms with E-state index in [9.17, 15) is 23.1 Å². The first kappa shape index (κ1) is 21.2. The molecule has 1 N–H and O–H groups in total. The number of methoxy groups -OCH3 is 1. The summed E-state index contributed by atoms with van der Waals surface area (Å²) in [6, 6.07) is 13.6. The van der Waals surface area contributed by atoms with Gasteiger partial charge >= 0.3 is 12.1 Å². The smallest absolute Gasteiger partial charge is 0.408 e. The second-order valence-electron chi connectivity index (χ2n) is 6.61. The molecule has 3 aromatic rings. The van der Waals surface area contributed by atoms with Crippen molar-refractivity contribution >= 4 is 5.97 Å². The van der Waals surface area contributed by atoms with E-state index in [4.69, 9.17) is 9.47 Å². The van der Waals surface area contributed by atoms with Crippen LogP contribution >= 0.6 is 0 Å². The molecule has 0 saturated carbocycles. The van der Waals surface area contributed by atoms with Crippen LogP contribution in [0, 0.1) is 6.92 Å². The van der Waals surface area contributed by atoms with Crippen molar-refractivity contribution in [2.24, 2.45) is 0 Å². The van der Waals surface area contributed by atoms with Gasteiger partial charge in [-0.3, -0.25) is 0 Å². The molecule has 3 rings (SSSR count). The van der Waals surface area contributed by atoms with Crippen LogP contribution in [0.15, 0.2) is 48.5 Å². The van der Waals surface area contributed by atoms with Crippen molar-refractivity contribution in [1.29, 1.82) is 0 Å². The molecule has 30 heavy (non-hydrogen) atoms. The number of carboxylic acid groups (broad SMARTS) is 1. The first-order valence-corrected chi connectivity index (χ1v) is 8.91. The molecule has 1 aromatic heterocycles. The van der Waals surface area contributed by atoms with Gasteiger partial charge < -0.3 is 14.6 Å². The molecule has 0 aliphatic rings. The Labute approximate surface area is 170 Å². The number of carbonyl (C=O) groups is 1. The fourth-order valence-corrected chi connectivity index (χ4v) is 2.85. The van der Waals surface area contributed by atoms with E-state index in [0.29, 0.717) is 21.6 Å². The SMILES string of the molecule is COc1ccc(COc2c(-c3ccc(C)cc3)nn(CC(F)(F)F)c2C(=O)O)cc1. The third kappa shape index (κ3) is 4.91. The second kappa shape index (κ2) is 8.48. The third-order valence-corrected chi connectivity index (χ3v) is 4.31. The van der Waals surface area contributed by atoms with Gasteiger partial charge in [-0.15, -0.1) is 0 Å². The van der Waals surface area contributed by atoms with Crippen LogP contribution in [-0.2, 0) is 13.2 Å². The average molecular weight is 420 g/mol. The van der Waals surface area contributed by atoms with Crippen molar-refractivity contribution in [3.05, 3.63) is 65.4 Å². The first-order valence-electron chi connectivity index (χ1n) is 8.91. The summed E-state index contributed by atoms with van der Waals surface area (Å²) in [4.78, 5) is 11.8.